The van der Waals surface area contributed by atoms with Crippen LogP contribution >= 0.6 is 0 Å². The average molecular weight is 273 g/mol. The van der Waals surface area contributed by atoms with Crippen molar-refractivity contribution in [2.45, 2.75) is 57.8 Å². The molecule has 0 aromatic heterocycles. The lowest BCUT2D eigenvalue weighted by Gasteiger charge is -2.24. The molecule has 1 fully saturated rings. The first-order valence-corrected chi connectivity index (χ1v) is 6.81. The fraction of sp³-hybridized carbons (Fsp3) is 0.846. The fourth-order valence-electron chi connectivity index (χ4n) is 1.89. The maximum absolute atomic E-state index is 11.7. The van der Waals surface area contributed by atoms with Gasteiger partial charge in [-0.05, 0) is 32.6 Å². The lowest BCUT2D eigenvalue weighted by atomic mass is 10.1. The van der Waals surface area contributed by atoms with Gasteiger partial charge in [-0.3, -0.25) is 4.79 Å². The summed E-state index contributed by atoms with van der Waals surface area (Å²) in [6.07, 6.45) is 2.86. The van der Waals surface area contributed by atoms with Crippen LogP contribution in [0.25, 0.3) is 0 Å². The van der Waals surface area contributed by atoms with E-state index in [1.54, 1.807) is 13.8 Å². The number of amides is 1. The van der Waals surface area contributed by atoms with Crippen LogP contribution in [0.5, 0.6) is 0 Å². The second-order valence-corrected chi connectivity index (χ2v) is 4.77. The molecule has 0 radical (unpaired) electrons. The van der Waals surface area contributed by atoms with E-state index in [1.807, 2.05) is 0 Å². The molecule has 0 saturated carbocycles. The molecule has 0 bridgehead atoms. The van der Waals surface area contributed by atoms with Gasteiger partial charge in [0, 0.05) is 6.61 Å². The molecule has 1 aliphatic heterocycles. The molecule has 3 unspecified atom stereocenters. The number of rotatable bonds is 7. The molecule has 3 atom stereocenters. The number of carbonyl (C=O) groups excluding carboxylic acids is 1. The third kappa shape index (κ3) is 5.57. The van der Waals surface area contributed by atoms with Crippen LogP contribution < -0.4 is 5.32 Å². The SMILES string of the molecule is CCC(NC(=O)C(C)OCC1CCCCO1)C(=O)O. The Labute approximate surface area is 113 Å². The number of carboxylic acids is 1. The highest BCUT2D eigenvalue weighted by Gasteiger charge is 2.23. The van der Waals surface area contributed by atoms with Crippen molar-refractivity contribution in [2.75, 3.05) is 13.2 Å². The van der Waals surface area contributed by atoms with E-state index in [0.717, 1.165) is 25.9 Å². The lowest BCUT2D eigenvalue weighted by molar-refractivity contribution is -0.145. The Morgan fingerprint density at radius 3 is 2.74 bits per heavy atom. The summed E-state index contributed by atoms with van der Waals surface area (Å²) in [6.45, 7) is 4.44. The number of nitrogens with one attached hydrogen (secondary N) is 1. The predicted molar refractivity (Wildman–Crippen MR) is 68.9 cm³/mol. The third-order valence-electron chi connectivity index (χ3n) is 3.20. The van der Waals surface area contributed by atoms with Gasteiger partial charge in [0.05, 0.1) is 12.7 Å². The molecule has 19 heavy (non-hydrogen) atoms. The van der Waals surface area contributed by atoms with E-state index in [2.05, 4.69) is 5.32 Å². The molecular formula is C13H23NO5. The van der Waals surface area contributed by atoms with Crippen LogP contribution in [0.1, 0.15) is 39.5 Å². The van der Waals surface area contributed by atoms with Crippen LogP contribution in [-0.2, 0) is 19.1 Å². The molecule has 0 aliphatic carbocycles. The van der Waals surface area contributed by atoms with E-state index >= 15 is 0 Å². The van der Waals surface area contributed by atoms with E-state index < -0.39 is 24.0 Å². The standard InChI is InChI=1S/C13H23NO5/c1-3-11(13(16)17)14-12(15)9(2)19-8-10-6-4-5-7-18-10/h9-11H,3-8H2,1-2H3,(H,14,15)(H,16,17). The second-order valence-electron chi connectivity index (χ2n) is 4.77. The van der Waals surface area contributed by atoms with Crippen molar-refractivity contribution in [3.8, 4) is 0 Å². The fourth-order valence-corrected chi connectivity index (χ4v) is 1.89. The lowest BCUT2D eigenvalue weighted by Crippen LogP contribution is -2.45. The van der Waals surface area contributed by atoms with Gasteiger partial charge < -0.3 is 19.9 Å². The summed E-state index contributed by atoms with van der Waals surface area (Å²) in [7, 11) is 0. The van der Waals surface area contributed by atoms with E-state index in [0.29, 0.717) is 13.0 Å². The minimum Gasteiger partial charge on any atom is -0.480 e. The van der Waals surface area contributed by atoms with Gasteiger partial charge >= 0.3 is 5.97 Å². The zero-order chi connectivity index (χ0) is 14.3. The molecule has 0 aromatic rings. The summed E-state index contributed by atoms with van der Waals surface area (Å²) >= 11 is 0. The molecule has 1 rings (SSSR count). The van der Waals surface area contributed by atoms with E-state index in [-0.39, 0.29) is 6.10 Å². The number of hydrogen-bond donors (Lipinski definition) is 2. The second kappa shape index (κ2) is 8.12. The van der Waals surface area contributed by atoms with Gasteiger partial charge in [-0.2, -0.15) is 0 Å². The highest BCUT2D eigenvalue weighted by atomic mass is 16.5. The van der Waals surface area contributed by atoms with Crippen molar-refractivity contribution in [1.82, 2.24) is 5.32 Å². The number of aliphatic carboxylic acids is 1. The Kier molecular flexibility index (Phi) is 6.80. The van der Waals surface area contributed by atoms with Gasteiger partial charge in [0.15, 0.2) is 0 Å². The summed E-state index contributed by atoms with van der Waals surface area (Å²) in [6, 6.07) is -0.857. The topological polar surface area (TPSA) is 84.9 Å². The van der Waals surface area contributed by atoms with Crippen molar-refractivity contribution in [2.24, 2.45) is 0 Å². The van der Waals surface area contributed by atoms with Gasteiger partial charge in [0.25, 0.3) is 0 Å². The maximum Gasteiger partial charge on any atom is 0.326 e. The normalized spacial score (nSPS) is 22.5. The largest absolute Gasteiger partial charge is 0.480 e. The minimum atomic E-state index is -1.03. The van der Waals surface area contributed by atoms with Crippen molar-refractivity contribution < 1.29 is 24.2 Å². The molecule has 6 nitrogen and oxygen atoms in total. The van der Waals surface area contributed by atoms with Crippen molar-refractivity contribution in [3.63, 3.8) is 0 Å². The molecule has 2 N–H and O–H groups in total. The van der Waals surface area contributed by atoms with Crippen LogP contribution in [0.3, 0.4) is 0 Å². The van der Waals surface area contributed by atoms with Crippen LogP contribution in [0.4, 0.5) is 0 Å². The molecule has 0 spiro atoms. The highest BCUT2D eigenvalue weighted by molar-refractivity contribution is 5.85. The van der Waals surface area contributed by atoms with Gasteiger partial charge in [0.1, 0.15) is 12.1 Å². The number of carbonyl (C=O) groups is 2. The zero-order valence-electron chi connectivity index (χ0n) is 11.6. The summed E-state index contributed by atoms with van der Waals surface area (Å²) in [5.41, 5.74) is 0. The average Bonchev–Trinajstić information content (AvgIpc) is 2.42. The van der Waals surface area contributed by atoms with Crippen molar-refractivity contribution in [1.29, 1.82) is 0 Å². The summed E-state index contributed by atoms with van der Waals surface area (Å²) in [4.78, 5) is 22.6. The predicted octanol–water partition coefficient (Wildman–Crippen LogP) is 0.940. The molecule has 1 amide bonds. The molecule has 1 heterocycles. The minimum absolute atomic E-state index is 0.0467. The Morgan fingerprint density at radius 1 is 1.47 bits per heavy atom. The van der Waals surface area contributed by atoms with Gasteiger partial charge in [0.2, 0.25) is 5.91 Å². The van der Waals surface area contributed by atoms with Crippen LogP contribution in [-0.4, -0.2) is 48.4 Å². The van der Waals surface area contributed by atoms with E-state index in [1.165, 1.54) is 0 Å². The number of ether oxygens (including phenoxy) is 2. The zero-order valence-corrected chi connectivity index (χ0v) is 11.6. The Morgan fingerprint density at radius 2 is 2.21 bits per heavy atom. The smallest absolute Gasteiger partial charge is 0.326 e. The molecule has 110 valence electrons. The monoisotopic (exact) mass is 273 g/mol. The first-order valence-electron chi connectivity index (χ1n) is 6.81. The Balaban J connectivity index is 2.29. The summed E-state index contributed by atoms with van der Waals surface area (Å²) < 4.78 is 10.9. The van der Waals surface area contributed by atoms with Crippen molar-refractivity contribution >= 4 is 11.9 Å². The maximum atomic E-state index is 11.7. The molecular weight excluding hydrogens is 250 g/mol. The molecule has 1 aliphatic rings. The molecule has 6 heteroatoms. The quantitative estimate of drug-likeness (QED) is 0.721. The number of carboxylic acid groups (broad SMARTS) is 1. The summed E-state index contributed by atoms with van der Waals surface area (Å²) in [5, 5.41) is 11.3. The number of hydrogen-bond acceptors (Lipinski definition) is 4. The van der Waals surface area contributed by atoms with E-state index in [9.17, 15) is 9.59 Å². The molecule has 1 saturated heterocycles. The van der Waals surface area contributed by atoms with Crippen LogP contribution in [0.15, 0.2) is 0 Å². The third-order valence-corrected chi connectivity index (χ3v) is 3.20. The van der Waals surface area contributed by atoms with Crippen LogP contribution in [0.2, 0.25) is 0 Å². The summed E-state index contributed by atoms with van der Waals surface area (Å²) in [5.74, 6) is -1.43. The Bertz CT molecular complexity index is 301. The first kappa shape index (κ1) is 15.9. The highest BCUT2D eigenvalue weighted by Crippen LogP contribution is 2.13. The van der Waals surface area contributed by atoms with Crippen LogP contribution in [0, 0.1) is 0 Å². The first-order chi connectivity index (χ1) is 9.04. The Hall–Kier alpha value is -1.14. The van der Waals surface area contributed by atoms with Gasteiger partial charge in [-0.15, -0.1) is 0 Å². The van der Waals surface area contributed by atoms with Gasteiger partial charge in [-0.25, -0.2) is 4.79 Å². The molecule has 0 aromatic carbocycles. The van der Waals surface area contributed by atoms with E-state index in [4.69, 9.17) is 14.6 Å². The van der Waals surface area contributed by atoms with Gasteiger partial charge in [-0.1, -0.05) is 6.92 Å². The van der Waals surface area contributed by atoms with Crippen molar-refractivity contribution in [3.05, 3.63) is 0 Å².